The summed E-state index contributed by atoms with van der Waals surface area (Å²) in [6, 6.07) is 18.1. The Bertz CT molecular complexity index is 1100. The summed E-state index contributed by atoms with van der Waals surface area (Å²) in [6.45, 7) is 2.09. The third-order valence-electron chi connectivity index (χ3n) is 4.28. The van der Waals surface area contributed by atoms with Gasteiger partial charge in [-0.15, -0.1) is 0 Å². The first-order chi connectivity index (χ1) is 11.2. The molecule has 0 atom stereocenters. The van der Waals surface area contributed by atoms with Gasteiger partial charge in [0.25, 0.3) is 0 Å². The summed E-state index contributed by atoms with van der Waals surface area (Å²) in [5.74, 6) is 0. The molecule has 0 aliphatic rings. The van der Waals surface area contributed by atoms with Gasteiger partial charge in [0.15, 0.2) is 6.20 Å². The van der Waals surface area contributed by atoms with Gasteiger partial charge in [-0.1, -0.05) is 0 Å². The molecule has 0 radical (unpaired) electrons. The van der Waals surface area contributed by atoms with Crippen LogP contribution in [-0.4, -0.2) is 0 Å². The quantitative estimate of drug-likeness (QED) is 0.493. The summed E-state index contributed by atoms with van der Waals surface area (Å²) in [5.41, 5.74) is 5.80. The molecule has 0 unspecified atom stereocenters. The van der Waals surface area contributed by atoms with Crippen LogP contribution in [-0.2, 0) is 7.05 Å². The highest BCUT2D eigenvalue weighted by Crippen LogP contribution is 2.34. The molecule has 0 aliphatic carbocycles. The Morgan fingerprint density at radius 3 is 2.61 bits per heavy atom. The van der Waals surface area contributed by atoms with Crippen molar-refractivity contribution in [2.24, 2.45) is 7.05 Å². The van der Waals surface area contributed by atoms with Gasteiger partial charge in [-0.25, -0.2) is 4.57 Å². The van der Waals surface area contributed by atoms with Crippen LogP contribution in [0, 0.1) is 18.3 Å². The van der Waals surface area contributed by atoms with Gasteiger partial charge in [0.05, 0.1) is 11.6 Å². The molecule has 0 saturated heterocycles. The van der Waals surface area contributed by atoms with Gasteiger partial charge in [0, 0.05) is 28.5 Å². The van der Waals surface area contributed by atoms with E-state index in [4.69, 9.17) is 9.68 Å². The number of nitriles is 1. The molecule has 0 bridgehead atoms. The Kier molecular flexibility index (Phi) is 2.92. The molecule has 2 heterocycles. The van der Waals surface area contributed by atoms with Crippen LogP contribution < -0.4 is 4.57 Å². The highest BCUT2D eigenvalue weighted by atomic mass is 16.3. The molecule has 0 N–H and O–H groups in total. The van der Waals surface area contributed by atoms with E-state index in [0.29, 0.717) is 5.56 Å². The van der Waals surface area contributed by atoms with E-state index < -0.39 is 0 Å². The summed E-state index contributed by atoms with van der Waals surface area (Å²) in [7, 11) is 2.04. The molecule has 4 rings (SSSR count). The SMILES string of the molecule is Cc1cc2oc3ccc(C#N)cc3c2cc1-c1cccc[n+]1C. The Labute approximate surface area is 134 Å². The van der Waals surface area contributed by atoms with Gasteiger partial charge in [0.2, 0.25) is 5.69 Å². The van der Waals surface area contributed by atoms with Gasteiger partial charge in [0.1, 0.15) is 18.2 Å². The van der Waals surface area contributed by atoms with E-state index in [0.717, 1.165) is 27.6 Å². The molecule has 23 heavy (non-hydrogen) atoms. The predicted molar refractivity (Wildman–Crippen MR) is 89.8 cm³/mol. The van der Waals surface area contributed by atoms with Crippen molar-refractivity contribution in [3.05, 3.63) is 65.9 Å². The van der Waals surface area contributed by atoms with E-state index in [1.165, 1.54) is 11.1 Å². The summed E-state index contributed by atoms with van der Waals surface area (Å²) in [6.07, 6.45) is 2.04. The number of pyridine rings is 1. The smallest absolute Gasteiger partial charge is 0.212 e. The lowest BCUT2D eigenvalue weighted by molar-refractivity contribution is -0.660. The number of benzene rings is 2. The van der Waals surface area contributed by atoms with Gasteiger partial charge in [-0.3, -0.25) is 0 Å². The van der Waals surface area contributed by atoms with Crippen LogP contribution in [0.1, 0.15) is 11.1 Å². The second-order valence-corrected chi connectivity index (χ2v) is 5.78. The number of aryl methyl sites for hydroxylation is 2. The molecule has 0 saturated carbocycles. The zero-order valence-corrected chi connectivity index (χ0v) is 13.0. The molecular weight excluding hydrogens is 284 g/mol. The number of rotatable bonds is 1. The lowest BCUT2D eigenvalue weighted by Gasteiger charge is -2.04. The second kappa shape index (κ2) is 4.96. The van der Waals surface area contributed by atoms with Crippen LogP contribution in [0.15, 0.2) is 59.1 Å². The van der Waals surface area contributed by atoms with Crippen molar-refractivity contribution in [3.63, 3.8) is 0 Å². The lowest BCUT2D eigenvalue weighted by atomic mass is 10.0. The number of hydrogen-bond acceptors (Lipinski definition) is 2. The number of aromatic nitrogens is 1. The van der Waals surface area contributed by atoms with Crippen molar-refractivity contribution in [1.82, 2.24) is 0 Å². The van der Waals surface area contributed by atoms with Crippen molar-refractivity contribution in [1.29, 1.82) is 5.26 Å². The largest absolute Gasteiger partial charge is 0.456 e. The number of fused-ring (bicyclic) bond motifs is 3. The highest BCUT2D eigenvalue weighted by Gasteiger charge is 2.16. The standard InChI is InChI=1S/C20H15N2O/c1-13-9-20-17(11-15(13)18-5-3-4-8-22(18)2)16-10-14(12-21)6-7-19(16)23-20/h3-11H,1-2H3/q+1. The maximum atomic E-state index is 9.14. The van der Waals surface area contributed by atoms with Crippen molar-refractivity contribution in [2.75, 3.05) is 0 Å². The Morgan fingerprint density at radius 1 is 1.00 bits per heavy atom. The van der Waals surface area contributed by atoms with Gasteiger partial charge < -0.3 is 4.42 Å². The average molecular weight is 299 g/mol. The van der Waals surface area contributed by atoms with Crippen molar-refractivity contribution < 1.29 is 8.98 Å². The van der Waals surface area contributed by atoms with Crippen molar-refractivity contribution >= 4 is 21.9 Å². The van der Waals surface area contributed by atoms with Crippen molar-refractivity contribution in [3.8, 4) is 17.3 Å². The van der Waals surface area contributed by atoms with Crippen LogP contribution in [0.3, 0.4) is 0 Å². The Morgan fingerprint density at radius 2 is 1.83 bits per heavy atom. The summed E-state index contributed by atoms with van der Waals surface area (Å²) in [5, 5.41) is 11.2. The first-order valence-electron chi connectivity index (χ1n) is 7.49. The fraction of sp³-hybridized carbons (Fsp3) is 0.100. The van der Waals surface area contributed by atoms with Crippen molar-refractivity contribution in [2.45, 2.75) is 6.92 Å². The van der Waals surface area contributed by atoms with Gasteiger partial charge >= 0.3 is 0 Å². The summed E-state index contributed by atoms with van der Waals surface area (Å²) < 4.78 is 8.05. The van der Waals surface area contributed by atoms with Crippen LogP contribution in [0.4, 0.5) is 0 Å². The maximum absolute atomic E-state index is 9.14. The number of hydrogen-bond donors (Lipinski definition) is 0. The molecule has 0 fully saturated rings. The minimum absolute atomic E-state index is 0.646. The lowest BCUT2D eigenvalue weighted by Crippen LogP contribution is -2.30. The third kappa shape index (κ3) is 2.08. The first kappa shape index (κ1) is 13.5. The molecule has 0 spiro atoms. The molecule has 3 heteroatoms. The zero-order chi connectivity index (χ0) is 16.0. The normalized spacial score (nSPS) is 11.0. The topological polar surface area (TPSA) is 40.8 Å². The van der Waals surface area contributed by atoms with Crippen LogP contribution in [0.25, 0.3) is 33.2 Å². The molecule has 2 aromatic heterocycles. The van der Waals surface area contributed by atoms with Gasteiger partial charge in [-0.05, 0) is 48.9 Å². The van der Waals surface area contributed by atoms with E-state index in [-0.39, 0.29) is 0 Å². The molecule has 0 amide bonds. The maximum Gasteiger partial charge on any atom is 0.212 e. The molecule has 110 valence electrons. The second-order valence-electron chi connectivity index (χ2n) is 5.78. The Balaban J connectivity index is 2.07. The molecule has 0 aliphatic heterocycles. The summed E-state index contributed by atoms with van der Waals surface area (Å²) >= 11 is 0. The van der Waals surface area contributed by atoms with Crippen LogP contribution >= 0.6 is 0 Å². The molecule has 2 aromatic carbocycles. The Hall–Kier alpha value is -3.12. The molecule has 3 nitrogen and oxygen atoms in total. The van der Waals surface area contributed by atoms with E-state index in [1.807, 2.05) is 37.5 Å². The zero-order valence-electron chi connectivity index (χ0n) is 13.0. The molecular formula is C20H15N2O+. The minimum Gasteiger partial charge on any atom is -0.456 e. The van der Waals surface area contributed by atoms with E-state index >= 15 is 0 Å². The van der Waals surface area contributed by atoms with Crippen LogP contribution in [0.5, 0.6) is 0 Å². The summed E-state index contributed by atoms with van der Waals surface area (Å²) in [4.78, 5) is 0. The average Bonchev–Trinajstić information content (AvgIpc) is 2.91. The third-order valence-corrected chi connectivity index (χ3v) is 4.28. The first-order valence-corrected chi connectivity index (χ1v) is 7.49. The van der Waals surface area contributed by atoms with E-state index in [2.05, 4.69) is 35.8 Å². The van der Waals surface area contributed by atoms with Gasteiger partial charge in [-0.2, -0.15) is 5.26 Å². The number of furan rings is 1. The fourth-order valence-corrected chi connectivity index (χ4v) is 3.07. The monoisotopic (exact) mass is 299 g/mol. The van der Waals surface area contributed by atoms with E-state index in [1.54, 1.807) is 6.07 Å². The number of nitrogens with zero attached hydrogens (tertiary/aromatic N) is 2. The van der Waals surface area contributed by atoms with E-state index in [9.17, 15) is 0 Å². The minimum atomic E-state index is 0.646. The highest BCUT2D eigenvalue weighted by molar-refractivity contribution is 6.07. The van der Waals surface area contributed by atoms with Crippen LogP contribution in [0.2, 0.25) is 0 Å². The fourth-order valence-electron chi connectivity index (χ4n) is 3.07. The predicted octanol–water partition coefficient (Wildman–Crippen LogP) is 4.26. The molecule has 4 aromatic rings.